The standard InChI is InChI=1S/C15H17N3O3/c19-14(17-11-5-4-10(7-11)15(20)21)8-12-9-18-6-2-1-3-13(18)16-12/h1-3,6,9-11H,4-5,7-8H2,(H,17,19)(H,20,21). The van der Waals surface area contributed by atoms with Crippen molar-refractivity contribution in [2.75, 3.05) is 0 Å². The van der Waals surface area contributed by atoms with Crippen LogP contribution in [0.3, 0.4) is 0 Å². The van der Waals surface area contributed by atoms with Crippen LogP contribution in [-0.2, 0) is 16.0 Å². The fourth-order valence-electron chi connectivity index (χ4n) is 2.85. The number of hydrogen-bond acceptors (Lipinski definition) is 3. The zero-order valence-electron chi connectivity index (χ0n) is 11.5. The quantitative estimate of drug-likeness (QED) is 0.886. The van der Waals surface area contributed by atoms with Crippen LogP contribution in [0.25, 0.3) is 5.65 Å². The molecule has 0 aliphatic heterocycles. The molecule has 2 aromatic rings. The van der Waals surface area contributed by atoms with Crippen LogP contribution in [-0.4, -0.2) is 32.4 Å². The highest BCUT2D eigenvalue weighted by molar-refractivity contribution is 5.79. The van der Waals surface area contributed by atoms with Crippen molar-refractivity contribution in [2.45, 2.75) is 31.7 Å². The Morgan fingerprint density at radius 3 is 2.95 bits per heavy atom. The fraction of sp³-hybridized carbons (Fsp3) is 0.400. The molecule has 6 heteroatoms. The molecule has 1 aliphatic rings. The van der Waals surface area contributed by atoms with Crippen molar-refractivity contribution >= 4 is 17.5 Å². The number of nitrogens with one attached hydrogen (secondary N) is 1. The highest BCUT2D eigenvalue weighted by atomic mass is 16.4. The molecular formula is C15H17N3O3. The molecule has 2 aromatic heterocycles. The van der Waals surface area contributed by atoms with Crippen molar-refractivity contribution in [3.05, 3.63) is 36.3 Å². The van der Waals surface area contributed by atoms with Gasteiger partial charge in [-0.25, -0.2) is 4.98 Å². The fourth-order valence-corrected chi connectivity index (χ4v) is 2.85. The number of carboxylic acid groups (broad SMARTS) is 1. The Bertz CT molecular complexity index is 647. The van der Waals surface area contributed by atoms with E-state index in [-0.39, 0.29) is 24.3 Å². The Morgan fingerprint density at radius 2 is 2.24 bits per heavy atom. The molecule has 0 saturated heterocycles. The van der Waals surface area contributed by atoms with Crippen molar-refractivity contribution in [2.24, 2.45) is 5.92 Å². The molecule has 1 saturated carbocycles. The highest BCUT2D eigenvalue weighted by Crippen LogP contribution is 2.25. The minimum atomic E-state index is -0.771. The molecule has 0 aromatic carbocycles. The predicted molar refractivity (Wildman–Crippen MR) is 75.8 cm³/mol. The summed E-state index contributed by atoms with van der Waals surface area (Å²) in [5.41, 5.74) is 1.53. The molecule has 2 N–H and O–H groups in total. The summed E-state index contributed by atoms with van der Waals surface area (Å²) in [5.74, 6) is -1.20. The van der Waals surface area contributed by atoms with Crippen LogP contribution in [0.15, 0.2) is 30.6 Å². The zero-order chi connectivity index (χ0) is 14.8. The number of rotatable bonds is 4. The molecule has 110 valence electrons. The van der Waals surface area contributed by atoms with Crippen LogP contribution >= 0.6 is 0 Å². The van der Waals surface area contributed by atoms with E-state index in [0.29, 0.717) is 18.5 Å². The second-order valence-electron chi connectivity index (χ2n) is 5.49. The lowest BCUT2D eigenvalue weighted by Gasteiger charge is -2.11. The van der Waals surface area contributed by atoms with Crippen LogP contribution in [0.1, 0.15) is 25.0 Å². The maximum absolute atomic E-state index is 12.0. The van der Waals surface area contributed by atoms with Crippen LogP contribution in [0, 0.1) is 5.92 Å². The lowest BCUT2D eigenvalue weighted by Crippen LogP contribution is -2.34. The molecule has 2 atom stereocenters. The number of pyridine rings is 1. The van der Waals surface area contributed by atoms with Crippen molar-refractivity contribution in [1.29, 1.82) is 0 Å². The number of amides is 1. The second kappa shape index (κ2) is 5.55. The highest BCUT2D eigenvalue weighted by Gasteiger charge is 2.30. The Hall–Kier alpha value is -2.37. The first-order valence-electron chi connectivity index (χ1n) is 7.06. The van der Waals surface area contributed by atoms with E-state index in [1.807, 2.05) is 35.0 Å². The maximum Gasteiger partial charge on any atom is 0.306 e. The monoisotopic (exact) mass is 287 g/mol. The molecule has 1 aliphatic carbocycles. The van der Waals surface area contributed by atoms with Gasteiger partial charge in [0.15, 0.2) is 0 Å². The van der Waals surface area contributed by atoms with Crippen molar-refractivity contribution in [3.63, 3.8) is 0 Å². The van der Waals surface area contributed by atoms with Crippen LogP contribution < -0.4 is 5.32 Å². The zero-order valence-corrected chi connectivity index (χ0v) is 11.5. The number of aliphatic carboxylic acids is 1. The third-order valence-corrected chi connectivity index (χ3v) is 3.90. The summed E-state index contributed by atoms with van der Waals surface area (Å²) < 4.78 is 1.87. The van der Waals surface area contributed by atoms with Gasteiger partial charge in [0.05, 0.1) is 18.0 Å². The number of carboxylic acids is 1. The lowest BCUT2D eigenvalue weighted by molar-refractivity contribution is -0.141. The molecule has 21 heavy (non-hydrogen) atoms. The van der Waals surface area contributed by atoms with E-state index >= 15 is 0 Å². The Kier molecular flexibility index (Phi) is 3.60. The van der Waals surface area contributed by atoms with Gasteiger partial charge in [-0.2, -0.15) is 0 Å². The first-order chi connectivity index (χ1) is 10.1. The van der Waals surface area contributed by atoms with Crippen LogP contribution in [0.2, 0.25) is 0 Å². The molecule has 1 amide bonds. The third-order valence-electron chi connectivity index (χ3n) is 3.90. The summed E-state index contributed by atoms with van der Waals surface area (Å²) in [6.45, 7) is 0. The van der Waals surface area contributed by atoms with E-state index in [2.05, 4.69) is 10.3 Å². The smallest absolute Gasteiger partial charge is 0.306 e. The minimum absolute atomic E-state index is 0.0318. The maximum atomic E-state index is 12.0. The van der Waals surface area contributed by atoms with Gasteiger partial charge in [0.1, 0.15) is 5.65 Å². The van der Waals surface area contributed by atoms with Gasteiger partial charge >= 0.3 is 5.97 Å². The van der Waals surface area contributed by atoms with Crippen LogP contribution in [0.5, 0.6) is 0 Å². The Morgan fingerprint density at radius 1 is 1.38 bits per heavy atom. The summed E-state index contributed by atoms with van der Waals surface area (Å²) >= 11 is 0. The number of carbonyl (C=O) groups is 2. The SMILES string of the molecule is O=C(Cc1cn2ccccc2n1)NC1CCC(C(=O)O)C1. The number of nitrogens with zero attached hydrogens (tertiary/aromatic N) is 2. The molecule has 0 radical (unpaired) electrons. The van der Waals surface area contributed by atoms with Gasteiger partial charge in [-0.3, -0.25) is 9.59 Å². The number of carbonyl (C=O) groups excluding carboxylic acids is 1. The van der Waals surface area contributed by atoms with Gasteiger partial charge < -0.3 is 14.8 Å². The molecule has 1 fully saturated rings. The first kappa shape index (κ1) is 13.6. The molecule has 0 bridgehead atoms. The van der Waals surface area contributed by atoms with Crippen molar-refractivity contribution in [3.8, 4) is 0 Å². The molecule has 2 heterocycles. The average molecular weight is 287 g/mol. The van der Waals surface area contributed by atoms with Gasteiger partial charge in [0.25, 0.3) is 0 Å². The molecule has 6 nitrogen and oxygen atoms in total. The van der Waals surface area contributed by atoms with Crippen molar-refractivity contribution in [1.82, 2.24) is 14.7 Å². The van der Waals surface area contributed by atoms with Gasteiger partial charge in [-0.15, -0.1) is 0 Å². The second-order valence-corrected chi connectivity index (χ2v) is 5.49. The van der Waals surface area contributed by atoms with E-state index in [1.165, 1.54) is 0 Å². The van der Waals surface area contributed by atoms with Crippen molar-refractivity contribution < 1.29 is 14.7 Å². The normalized spacial score (nSPS) is 21.5. The first-order valence-corrected chi connectivity index (χ1v) is 7.06. The number of imidazole rings is 1. The van der Waals surface area contributed by atoms with Gasteiger partial charge in [-0.05, 0) is 31.4 Å². The molecule has 2 unspecified atom stereocenters. The summed E-state index contributed by atoms with van der Waals surface area (Å²) in [6, 6.07) is 5.66. The molecular weight excluding hydrogens is 270 g/mol. The summed E-state index contributed by atoms with van der Waals surface area (Å²) in [6.07, 6.45) is 5.83. The molecule has 3 rings (SSSR count). The largest absolute Gasteiger partial charge is 0.481 e. The van der Waals surface area contributed by atoms with E-state index in [0.717, 1.165) is 12.1 Å². The van der Waals surface area contributed by atoms with E-state index in [9.17, 15) is 9.59 Å². The van der Waals surface area contributed by atoms with Gasteiger partial charge in [0, 0.05) is 18.4 Å². The summed E-state index contributed by atoms with van der Waals surface area (Å²) in [7, 11) is 0. The topological polar surface area (TPSA) is 83.7 Å². The van der Waals surface area contributed by atoms with Gasteiger partial charge in [0.2, 0.25) is 5.91 Å². The van der Waals surface area contributed by atoms with E-state index < -0.39 is 5.97 Å². The van der Waals surface area contributed by atoms with E-state index in [4.69, 9.17) is 5.11 Å². The Labute approximate surface area is 121 Å². The molecule has 0 spiro atoms. The number of aromatic nitrogens is 2. The third kappa shape index (κ3) is 3.04. The average Bonchev–Trinajstić information content (AvgIpc) is 3.04. The predicted octanol–water partition coefficient (Wildman–Crippen LogP) is 1.25. The lowest BCUT2D eigenvalue weighted by atomic mass is 10.1. The summed E-state index contributed by atoms with van der Waals surface area (Å²) in [4.78, 5) is 27.3. The summed E-state index contributed by atoms with van der Waals surface area (Å²) in [5, 5.41) is 11.9. The number of fused-ring (bicyclic) bond motifs is 1. The number of hydrogen-bond donors (Lipinski definition) is 2. The van der Waals surface area contributed by atoms with Gasteiger partial charge in [-0.1, -0.05) is 6.07 Å². The van der Waals surface area contributed by atoms with E-state index in [1.54, 1.807) is 0 Å². The van der Waals surface area contributed by atoms with Crippen LogP contribution in [0.4, 0.5) is 0 Å². The Balaban J connectivity index is 1.58. The minimum Gasteiger partial charge on any atom is -0.481 e.